The molecule has 1 fully saturated rings. The predicted molar refractivity (Wildman–Crippen MR) is 77.5 cm³/mol. The Bertz CT molecular complexity index is 496. The summed E-state index contributed by atoms with van der Waals surface area (Å²) in [6.45, 7) is 8.91. The standard InChI is InChI=1S/C16H22N2O/c1-16(2,3)13-7-8-18(11-13)15-9-14(19-4)6-5-12(15)10-17/h5-6,9,13H,7-8,11H2,1-4H3. The Morgan fingerprint density at radius 1 is 1.37 bits per heavy atom. The maximum absolute atomic E-state index is 9.25. The maximum atomic E-state index is 9.25. The molecule has 3 heteroatoms. The summed E-state index contributed by atoms with van der Waals surface area (Å²) in [5, 5.41) is 9.25. The van der Waals surface area contributed by atoms with Gasteiger partial charge >= 0.3 is 0 Å². The third kappa shape index (κ3) is 2.84. The lowest BCUT2D eigenvalue weighted by atomic mass is 9.80. The van der Waals surface area contributed by atoms with Crippen molar-refractivity contribution in [3.63, 3.8) is 0 Å². The summed E-state index contributed by atoms with van der Waals surface area (Å²) in [7, 11) is 1.66. The van der Waals surface area contributed by atoms with Crippen molar-refractivity contribution in [2.45, 2.75) is 27.2 Å². The van der Waals surface area contributed by atoms with Crippen molar-refractivity contribution in [2.24, 2.45) is 11.3 Å². The molecule has 3 nitrogen and oxygen atoms in total. The summed E-state index contributed by atoms with van der Waals surface area (Å²) in [6, 6.07) is 7.95. The minimum absolute atomic E-state index is 0.320. The predicted octanol–water partition coefficient (Wildman–Crippen LogP) is 3.44. The quantitative estimate of drug-likeness (QED) is 0.815. The van der Waals surface area contributed by atoms with E-state index >= 15 is 0 Å². The molecule has 1 atom stereocenters. The zero-order chi connectivity index (χ0) is 14.0. The molecule has 1 unspecified atom stereocenters. The second-order valence-electron chi connectivity index (χ2n) is 6.29. The highest BCUT2D eigenvalue weighted by Gasteiger charge is 2.32. The molecule has 1 aliphatic rings. The van der Waals surface area contributed by atoms with Crippen LogP contribution in [0.2, 0.25) is 0 Å². The molecule has 0 N–H and O–H groups in total. The number of benzene rings is 1. The van der Waals surface area contributed by atoms with E-state index in [1.54, 1.807) is 7.11 Å². The van der Waals surface area contributed by atoms with Gasteiger partial charge in [0, 0.05) is 19.2 Å². The van der Waals surface area contributed by atoms with Crippen LogP contribution in [0.3, 0.4) is 0 Å². The van der Waals surface area contributed by atoms with Crippen LogP contribution >= 0.6 is 0 Å². The normalized spacial score (nSPS) is 19.3. The second-order valence-corrected chi connectivity index (χ2v) is 6.29. The first-order chi connectivity index (χ1) is 8.95. The van der Waals surface area contributed by atoms with Crippen LogP contribution < -0.4 is 9.64 Å². The zero-order valence-electron chi connectivity index (χ0n) is 12.2. The SMILES string of the molecule is COc1ccc(C#N)c(N2CCC(C(C)(C)C)C2)c1. The molecule has 0 spiro atoms. The molecule has 0 saturated carbocycles. The fraction of sp³-hybridized carbons (Fsp3) is 0.562. The topological polar surface area (TPSA) is 36.3 Å². The minimum Gasteiger partial charge on any atom is -0.497 e. The Morgan fingerprint density at radius 2 is 2.11 bits per heavy atom. The molecule has 0 amide bonds. The van der Waals surface area contributed by atoms with E-state index in [-0.39, 0.29) is 0 Å². The first kappa shape index (κ1) is 13.7. The van der Waals surface area contributed by atoms with Gasteiger partial charge in [-0.05, 0) is 29.9 Å². The number of nitriles is 1. The lowest BCUT2D eigenvalue weighted by Crippen LogP contribution is -2.26. The van der Waals surface area contributed by atoms with Gasteiger partial charge in [-0.25, -0.2) is 0 Å². The van der Waals surface area contributed by atoms with Crippen molar-refractivity contribution < 1.29 is 4.74 Å². The van der Waals surface area contributed by atoms with Gasteiger partial charge < -0.3 is 9.64 Å². The van der Waals surface area contributed by atoms with Crippen molar-refractivity contribution in [1.82, 2.24) is 0 Å². The monoisotopic (exact) mass is 258 g/mol. The molecule has 0 bridgehead atoms. The molecule has 1 aromatic rings. The summed E-state index contributed by atoms with van der Waals surface area (Å²) in [6.07, 6.45) is 1.19. The average molecular weight is 258 g/mol. The van der Waals surface area contributed by atoms with Crippen LogP contribution in [-0.2, 0) is 0 Å². The van der Waals surface area contributed by atoms with Gasteiger partial charge in [0.1, 0.15) is 11.8 Å². The van der Waals surface area contributed by atoms with Crippen LogP contribution in [0.15, 0.2) is 18.2 Å². The maximum Gasteiger partial charge on any atom is 0.121 e. The summed E-state index contributed by atoms with van der Waals surface area (Å²) >= 11 is 0. The molecular formula is C16H22N2O. The summed E-state index contributed by atoms with van der Waals surface area (Å²) in [4.78, 5) is 2.32. The Hall–Kier alpha value is -1.69. The van der Waals surface area contributed by atoms with Crippen LogP contribution in [-0.4, -0.2) is 20.2 Å². The van der Waals surface area contributed by atoms with Gasteiger partial charge in [0.15, 0.2) is 0 Å². The number of methoxy groups -OCH3 is 1. The molecular weight excluding hydrogens is 236 g/mol. The fourth-order valence-electron chi connectivity index (χ4n) is 2.68. The van der Waals surface area contributed by atoms with Crippen molar-refractivity contribution in [3.05, 3.63) is 23.8 Å². The summed E-state index contributed by atoms with van der Waals surface area (Å²) < 4.78 is 5.27. The molecule has 1 heterocycles. The molecule has 2 rings (SSSR count). The van der Waals surface area contributed by atoms with Gasteiger partial charge in [0.2, 0.25) is 0 Å². The van der Waals surface area contributed by atoms with Crippen LogP contribution in [0.4, 0.5) is 5.69 Å². The van der Waals surface area contributed by atoms with E-state index in [2.05, 4.69) is 31.7 Å². The molecule has 1 saturated heterocycles. The molecule has 0 aliphatic carbocycles. The van der Waals surface area contributed by atoms with E-state index in [4.69, 9.17) is 4.74 Å². The van der Waals surface area contributed by atoms with Gasteiger partial charge in [-0.3, -0.25) is 0 Å². The van der Waals surface area contributed by atoms with Crippen LogP contribution in [0.25, 0.3) is 0 Å². The van der Waals surface area contributed by atoms with E-state index in [1.807, 2.05) is 18.2 Å². The number of hydrogen-bond donors (Lipinski definition) is 0. The Labute approximate surface area is 115 Å². The first-order valence-corrected chi connectivity index (χ1v) is 6.79. The van der Waals surface area contributed by atoms with E-state index < -0.39 is 0 Å². The van der Waals surface area contributed by atoms with Crippen molar-refractivity contribution in [3.8, 4) is 11.8 Å². The van der Waals surface area contributed by atoms with Gasteiger partial charge in [0.25, 0.3) is 0 Å². The van der Waals surface area contributed by atoms with Gasteiger partial charge in [0.05, 0.1) is 18.4 Å². The molecule has 102 valence electrons. The van der Waals surface area contributed by atoms with Crippen molar-refractivity contribution >= 4 is 5.69 Å². The third-order valence-corrected chi connectivity index (χ3v) is 4.08. The number of ether oxygens (including phenoxy) is 1. The fourth-order valence-corrected chi connectivity index (χ4v) is 2.68. The summed E-state index contributed by atoms with van der Waals surface area (Å²) in [5.74, 6) is 1.48. The van der Waals surface area contributed by atoms with Gasteiger partial charge in [-0.15, -0.1) is 0 Å². The van der Waals surface area contributed by atoms with E-state index in [9.17, 15) is 5.26 Å². The first-order valence-electron chi connectivity index (χ1n) is 6.79. The number of hydrogen-bond acceptors (Lipinski definition) is 3. The Morgan fingerprint density at radius 3 is 2.63 bits per heavy atom. The molecule has 1 aromatic carbocycles. The van der Waals surface area contributed by atoms with Crippen molar-refractivity contribution in [1.29, 1.82) is 5.26 Å². The number of anilines is 1. The largest absolute Gasteiger partial charge is 0.497 e. The molecule has 0 aromatic heterocycles. The van der Waals surface area contributed by atoms with Crippen LogP contribution in [0.5, 0.6) is 5.75 Å². The summed E-state index contributed by atoms with van der Waals surface area (Å²) in [5.41, 5.74) is 2.06. The van der Waals surface area contributed by atoms with Gasteiger partial charge in [-0.1, -0.05) is 20.8 Å². The van der Waals surface area contributed by atoms with Crippen LogP contribution in [0, 0.1) is 22.7 Å². The lowest BCUT2D eigenvalue weighted by Gasteiger charge is -2.27. The van der Waals surface area contributed by atoms with E-state index in [1.165, 1.54) is 6.42 Å². The Balaban J connectivity index is 2.26. The second kappa shape index (κ2) is 5.13. The minimum atomic E-state index is 0.320. The highest BCUT2D eigenvalue weighted by Crippen LogP contribution is 2.37. The molecule has 19 heavy (non-hydrogen) atoms. The van der Waals surface area contributed by atoms with Crippen LogP contribution in [0.1, 0.15) is 32.8 Å². The lowest BCUT2D eigenvalue weighted by molar-refractivity contribution is 0.263. The smallest absolute Gasteiger partial charge is 0.121 e. The molecule has 1 aliphatic heterocycles. The number of rotatable bonds is 2. The molecule has 0 radical (unpaired) electrons. The van der Waals surface area contributed by atoms with E-state index in [0.717, 1.165) is 30.1 Å². The highest BCUT2D eigenvalue weighted by molar-refractivity contribution is 5.62. The number of nitrogens with zero attached hydrogens (tertiary/aromatic N) is 2. The third-order valence-electron chi connectivity index (χ3n) is 4.08. The Kier molecular flexibility index (Phi) is 3.71. The zero-order valence-corrected chi connectivity index (χ0v) is 12.2. The highest BCUT2D eigenvalue weighted by atomic mass is 16.5. The van der Waals surface area contributed by atoms with Gasteiger partial charge in [-0.2, -0.15) is 5.26 Å². The van der Waals surface area contributed by atoms with E-state index in [0.29, 0.717) is 11.3 Å². The average Bonchev–Trinajstić information content (AvgIpc) is 2.87. The van der Waals surface area contributed by atoms with Crippen molar-refractivity contribution in [2.75, 3.05) is 25.1 Å².